The highest BCUT2D eigenvalue weighted by atomic mass is 16.6. The Labute approximate surface area is 224 Å². The minimum Gasteiger partial charge on any atom is -0.494 e. The van der Waals surface area contributed by atoms with Gasteiger partial charge in [0, 0.05) is 32.5 Å². The number of hydrogen-bond acceptors (Lipinski definition) is 7. The number of methoxy groups -OCH3 is 1. The van der Waals surface area contributed by atoms with Crippen molar-refractivity contribution in [3.63, 3.8) is 0 Å². The standard InChI is InChI=1S/C29H38N2O7/c1-29(2,3)38-28(34)31-18-17-30(27(33)37-21-23-8-6-5-7-9-23)20-24(31)16-19-36-25-13-10-22(11-14-25)12-15-26(32)35-4/h5-11,13-14,24H,12,15-21H2,1-4H3/t24-/m1/s1. The number of piperazine rings is 1. The summed E-state index contributed by atoms with van der Waals surface area (Å²) in [7, 11) is 1.38. The molecule has 1 atom stereocenters. The molecule has 0 saturated carbocycles. The summed E-state index contributed by atoms with van der Waals surface area (Å²) in [6.45, 7) is 7.04. The van der Waals surface area contributed by atoms with E-state index < -0.39 is 17.8 Å². The zero-order chi connectivity index (χ0) is 27.5. The van der Waals surface area contributed by atoms with Crippen LogP contribution in [-0.2, 0) is 32.0 Å². The van der Waals surface area contributed by atoms with Crippen LogP contribution in [0.25, 0.3) is 0 Å². The van der Waals surface area contributed by atoms with Crippen molar-refractivity contribution in [3.05, 3.63) is 65.7 Å². The van der Waals surface area contributed by atoms with Crippen LogP contribution in [0.1, 0.15) is 44.7 Å². The van der Waals surface area contributed by atoms with Crippen LogP contribution in [0, 0.1) is 0 Å². The molecule has 0 aliphatic carbocycles. The molecule has 2 amide bonds. The molecule has 0 N–H and O–H groups in total. The van der Waals surface area contributed by atoms with Crippen LogP contribution < -0.4 is 4.74 Å². The Morgan fingerprint density at radius 3 is 2.29 bits per heavy atom. The molecule has 38 heavy (non-hydrogen) atoms. The van der Waals surface area contributed by atoms with Gasteiger partial charge in [-0.25, -0.2) is 9.59 Å². The molecular weight excluding hydrogens is 488 g/mol. The van der Waals surface area contributed by atoms with Crippen LogP contribution in [-0.4, -0.2) is 72.9 Å². The number of amides is 2. The molecular formula is C29H38N2O7. The summed E-state index contributed by atoms with van der Waals surface area (Å²) in [5, 5.41) is 0. The van der Waals surface area contributed by atoms with Gasteiger partial charge in [0.2, 0.25) is 0 Å². The molecule has 1 aliphatic heterocycles. The van der Waals surface area contributed by atoms with Crippen LogP contribution in [0.2, 0.25) is 0 Å². The molecule has 9 nitrogen and oxygen atoms in total. The topological polar surface area (TPSA) is 94.6 Å². The average molecular weight is 527 g/mol. The summed E-state index contributed by atoms with van der Waals surface area (Å²) in [5.41, 5.74) is 1.30. The predicted molar refractivity (Wildman–Crippen MR) is 142 cm³/mol. The van der Waals surface area contributed by atoms with Crippen LogP contribution in [0.3, 0.4) is 0 Å². The Morgan fingerprint density at radius 1 is 0.921 bits per heavy atom. The molecule has 2 aromatic carbocycles. The van der Waals surface area contributed by atoms with E-state index in [9.17, 15) is 14.4 Å². The second kappa shape index (κ2) is 13.7. The third kappa shape index (κ3) is 9.28. The number of hydrogen-bond donors (Lipinski definition) is 0. The summed E-state index contributed by atoms with van der Waals surface area (Å²) in [5.74, 6) is 0.441. The Bertz CT molecular complexity index is 1050. The number of esters is 1. The number of nitrogens with zero attached hydrogens (tertiary/aromatic N) is 2. The molecule has 0 spiro atoms. The molecule has 1 aliphatic rings. The SMILES string of the molecule is COC(=O)CCc1ccc(OCC[C@@H]2CN(C(=O)OCc3ccccc3)CCN2C(=O)OC(C)(C)C)cc1. The molecule has 3 rings (SSSR count). The van der Waals surface area contributed by atoms with Crippen molar-refractivity contribution in [1.29, 1.82) is 0 Å². The fourth-order valence-electron chi connectivity index (χ4n) is 4.05. The van der Waals surface area contributed by atoms with E-state index in [0.717, 1.165) is 11.1 Å². The molecule has 0 aromatic heterocycles. The minimum absolute atomic E-state index is 0.190. The van der Waals surface area contributed by atoms with Crippen molar-refractivity contribution in [3.8, 4) is 5.75 Å². The summed E-state index contributed by atoms with van der Waals surface area (Å²) in [6, 6.07) is 16.8. The normalized spacial score (nSPS) is 15.5. The monoisotopic (exact) mass is 526 g/mol. The van der Waals surface area contributed by atoms with Gasteiger partial charge in [0.1, 0.15) is 18.0 Å². The Balaban J connectivity index is 1.57. The quantitative estimate of drug-likeness (QED) is 0.342. The van der Waals surface area contributed by atoms with E-state index in [1.165, 1.54) is 7.11 Å². The summed E-state index contributed by atoms with van der Waals surface area (Å²) < 4.78 is 21.7. The van der Waals surface area contributed by atoms with Crippen molar-refractivity contribution in [2.24, 2.45) is 0 Å². The second-order valence-corrected chi connectivity index (χ2v) is 10.2. The van der Waals surface area contributed by atoms with E-state index in [0.29, 0.717) is 51.3 Å². The predicted octanol–water partition coefficient (Wildman–Crippen LogP) is 4.82. The van der Waals surface area contributed by atoms with Gasteiger partial charge in [-0.05, 0) is 50.5 Å². The first-order valence-corrected chi connectivity index (χ1v) is 12.9. The van der Waals surface area contributed by atoms with E-state index >= 15 is 0 Å². The van der Waals surface area contributed by atoms with Crippen LogP contribution in [0.5, 0.6) is 5.75 Å². The van der Waals surface area contributed by atoms with Gasteiger partial charge in [-0.2, -0.15) is 0 Å². The first-order chi connectivity index (χ1) is 18.1. The van der Waals surface area contributed by atoms with Gasteiger partial charge in [0.05, 0.1) is 19.8 Å². The van der Waals surface area contributed by atoms with E-state index in [2.05, 4.69) is 4.74 Å². The largest absolute Gasteiger partial charge is 0.494 e. The van der Waals surface area contributed by atoms with Crippen LogP contribution in [0.4, 0.5) is 9.59 Å². The molecule has 9 heteroatoms. The number of aryl methyl sites for hydroxylation is 1. The van der Waals surface area contributed by atoms with Gasteiger partial charge >= 0.3 is 18.2 Å². The van der Waals surface area contributed by atoms with Gasteiger partial charge in [0.25, 0.3) is 0 Å². The number of carbonyl (C=O) groups excluding carboxylic acids is 3. The fraction of sp³-hybridized carbons (Fsp3) is 0.483. The molecule has 206 valence electrons. The van der Waals surface area contributed by atoms with Crippen molar-refractivity contribution in [1.82, 2.24) is 9.80 Å². The summed E-state index contributed by atoms with van der Waals surface area (Å²) in [4.78, 5) is 40.3. The highest BCUT2D eigenvalue weighted by Gasteiger charge is 2.35. The van der Waals surface area contributed by atoms with E-state index in [4.69, 9.17) is 14.2 Å². The molecule has 0 unspecified atom stereocenters. The highest BCUT2D eigenvalue weighted by Crippen LogP contribution is 2.20. The molecule has 2 aromatic rings. The maximum absolute atomic E-state index is 12.9. The maximum atomic E-state index is 12.9. The van der Waals surface area contributed by atoms with E-state index in [-0.39, 0.29) is 18.6 Å². The fourth-order valence-corrected chi connectivity index (χ4v) is 4.05. The number of carbonyl (C=O) groups is 3. The summed E-state index contributed by atoms with van der Waals surface area (Å²) >= 11 is 0. The van der Waals surface area contributed by atoms with Crippen LogP contribution >= 0.6 is 0 Å². The van der Waals surface area contributed by atoms with E-state index in [1.807, 2.05) is 75.4 Å². The zero-order valence-corrected chi connectivity index (χ0v) is 22.7. The van der Waals surface area contributed by atoms with Crippen LogP contribution in [0.15, 0.2) is 54.6 Å². The van der Waals surface area contributed by atoms with Gasteiger partial charge in [0.15, 0.2) is 0 Å². The minimum atomic E-state index is -0.626. The zero-order valence-electron chi connectivity index (χ0n) is 22.7. The number of rotatable bonds is 9. The van der Waals surface area contributed by atoms with Crippen molar-refractivity contribution < 1.29 is 33.3 Å². The van der Waals surface area contributed by atoms with Gasteiger partial charge in [-0.3, -0.25) is 4.79 Å². The van der Waals surface area contributed by atoms with Gasteiger partial charge in [-0.1, -0.05) is 42.5 Å². The molecule has 1 saturated heterocycles. The molecule has 0 bridgehead atoms. The Kier molecular flexibility index (Phi) is 10.4. The Hall–Kier alpha value is -3.75. The molecule has 0 radical (unpaired) electrons. The lowest BCUT2D eigenvalue weighted by Crippen LogP contribution is -2.57. The number of ether oxygens (including phenoxy) is 4. The van der Waals surface area contributed by atoms with Gasteiger partial charge < -0.3 is 28.7 Å². The third-order valence-corrected chi connectivity index (χ3v) is 6.06. The van der Waals surface area contributed by atoms with Crippen molar-refractivity contribution in [2.75, 3.05) is 33.4 Å². The third-order valence-electron chi connectivity index (χ3n) is 6.06. The highest BCUT2D eigenvalue weighted by molar-refractivity contribution is 5.71. The van der Waals surface area contributed by atoms with E-state index in [1.54, 1.807) is 9.80 Å². The van der Waals surface area contributed by atoms with Crippen molar-refractivity contribution >= 4 is 18.2 Å². The summed E-state index contributed by atoms with van der Waals surface area (Å²) in [6.07, 6.45) is 0.603. The lowest BCUT2D eigenvalue weighted by Gasteiger charge is -2.41. The lowest BCUT2D eigenvalue weighted by molar-refractivity contribution is -0.140. The smallest absolute Gasteiger partial charge is 0.410 e. The average Bonchev–Trinajstić information content (AvgIpc) is 2.90. The first-order valence-electron chi connectivity index (χ1n) is 12.9. The second-order valence-electron chi connectivity index (χ2n) is 10.2. The lowest BCUT2D eigenvalue weighted by atomic mass is 10.1. The van der Waals surface area contributed by atoms with Gasteiger partial charge in [-0.15, -0.1) is 0 Å². The molecule has 1 heterocycles. The number of benzene rings is 2. The first kappa shape index (κ1) is 28.8. The van der Waals surface area contributed by atoms with Crippen molar-refractivity contribution in [2.45, 2.75) is 58.3 Å². The molecule has 1 fully saturated rings. The Morgan fingerprint density at radius 2 is 1.63 bits per heavy atom. The maximum Gasteiger partial charge on any atom is 0.410 e.